The molecule has 6 heteroatoms. The summed E-state index contributed by atoms with van der Waals surface area (Å²) in [7, 11) is -2.19. The molecule has 128 valence electrons. The number of hydrogen-bond donors (Lipinski definition) is 2. The molecular weight excluding hydrogens is 324 g/mol. The van der Waals surface area contributed by atoms with Gasteiger partial charge in [0.15, 0.2) is 0 Å². The summed E-state index contributed by atoms with van der Waals surface area (Å²) < 4.78 is 33.8. The number of benzene rings is 2. The fourth-order valence-electron chi connectivity index (χ4n) is 3.11. The molecule has 1 heterocycles. The number of sulfonamides is 1. The highest BCUT2D eigenvalue weighted by atomic mass is 32.2. The summed E-state index contributed by atoms with van der Waals surface area (Å²) in [4.78, 5) is 0.184. The van der Waals surface area contributed by atoms with Crippen LogP contribution in [0.2, 0.25) is 0 Å². The van der Waals surface area contributed by atoms with Gasteiger partial charge in [-0.15, -0.1) is 0 Å². The lowest BCUT2D eigenvalue weighted by Crippen LogP contribution is -2.39. The zero-order valence-electron chi connectivity index (χ0n) is 13.8. The minimum atomic E-state index is -3.66. The Morgan fingerprint density at radius 3 is 2.58 bits per heavy atom. The van der Waals surface area contributed by atoms with Crippen LogP contribution in [0.4, 0.5) is 0 Å². The SMILES string of the molecule is COc1ccc(C)cc1S(=O)(=O)N[C@@H]1CNC[C@H]1c1ccccc1. The smallest absolute Gasteiger partial charge is 0.244 e. The molecule has 2 aromatic rings. The Kier molecular flexibility index (Phi) is 4.89. The first-order valence-electron chi connectivity index (χ1n) is 7.94. The molecule has 1 aliphatic rings. The first-order valence-corrected chi connectivity index (χ1v) is 9.42. The van der Waals surface area contributed by atoms with Gasteiger partial charge in [0.25, 0.3) is 0 Å². The molecule has 1 saturated heterocycles. The van der Waals surface area contributed by atoms with Crippen LogP contribution in [-0.4, -0.2) is 34.7 Å². The van der Waals surface area contributed by atoms with Gasteiger partial charge in [0, 0.05) is 25.0 Å². The van der Waals surface area contributed by atoms with Crippen LogP contribution < -0.4 is 14.8 Å². The van der Waals surface area contributed by atoms with Gasteiger partial charge in [-0.05, 0) is 30.2 Å². The quantitative estimate of drug-likeness (QED) is 0.869. The third-order valence-electron chi connectivity index (χ3n) is 4.36. The van der Waals surface area contributed by atoms with Crippen molar-refractivity contribution >= 4 is 10.0 Å². The van der Waals surface area contributed by atoms with E-state index in [0.717, 1.165) is 17.7 Å². The Morgan fingerprint density at radius 2 is 1.88 bits per heavy atom. The topological polar surface area (TPSA) is 67.4 Å². The van der Waals surface area contributed by atoms with Crippen LogP contribution in [0.5, 0.6) is 5.75 Å². The zero-order chi connectivity index (χ0) is 17.2. The summed E-state index contributed by atoms with van der Waals surface area (Å²) in [5.74, 6) is 0.465. The van der Waals surface area contributed by atoms with Crippen molar-refractivity contribution in [3.8, 4) is 5.75 Å². The number of methoxy groups -OCH3 is 1. The standard InChI is InChI=1S/C18H22N2O3S/c1-13-8-9-17(23-2)18(10-13)24(21,22)20-16-12-19-11-15(16)14-6-4-3-5-7-14/h3-10,15-16,19-20H,11-12H2,1-2H3/t15-,16+/m0/s1. The van der Waals surface area contributed by atoms with Gasteiger partial charge in [-0.25, -0.2) is 13.1 Å². The fraction of sp³-hybridized carbons (Fsp3) is 0.333. The highest BCUT2D eigenvalue weighted by Crippen LogP contribution is 2.28. The highest BCUT2D eigenvalue weighted by Gasteiger charge is 2.33. The summed E-state index contributed by atoms with van der Waals surface area (Å²) in [6.45, 7) is 3.22. The van der Waals surface area contributed by atoms with E-state index in [9.17, 15) is 8.42 Å². The molecule has 24 heavy (non-hydrogen) atoms. The van der Waals surface area contributed by atoms with E-state index in [4.69, 9.17) is 4.74 Å². The molecule has 3 rings (SSSR count). The largest absolute Gasteiger partial charge is 0.495 e. The lowest BCUT2D eigenvalue weighted by atomic mass is 9.95. The van der Waals surface area contributed by atoms with E-state index in [1.807, 2.05) is 43.3 Å². The van der Waals surface area contributed by atoms with Crippen molar-refractivity contribution in [2.45, 2.75) is 23.8 Å². The summed E-state index contributed by atoms with van der Waals surface area (Å²) in [6, 6.07) is 14.9. The van der Waals surface area contributed by atoms with E-state index in [-0.39, 0.29) is 16.9 Å². The number of nitrogens with one attached hydrogen (secondary N) is 2. The van der Waals surface area contributed by atoms with Crippen LogP contribution >= 0.6 is 0 Å². The minimum absolute atomic E-state index is 0.108. The van der Waals surface area contributed by atoms with Crippen LogP contribution in [-0.2, 0) is 10.0 Å². The molecule has 1 fully saturated rings. The van der Waals surface area contributed by atoms with Crippen molar-refractivity contribution < 1.29 is 13.2 Å². The van der Waals surface area contributed by atoms with Gasteiger partial charge in [0.2, 0.25) is 10.0 Å². The second-order valence-electron chi connectivity index (χ2n) is 6.06. The van der Waals surface area contributed by atoms with Gasteiger partial charge in [0.05, 0.1) is 7.11 Å². The molecule has 0 unspecified atom stereocenters. The van der Waals surface area contributed by atoms with Crippen LogP contribution in [0.3, 0.4) is 0 Å². The van der Waals surface area contributed by atoms with Gasteiger partial charge in [-0.3, -0.25) is 0 Å². The van der Waals surface area contributed by atoms with E-state index >= 15 is 0 Å². The molecule has 2 atom stereocenters. The maximum absolute atomic E-state index is 12.9. The Balaban J connectivity index is 1.88. The van der Waals surface area contributed by atoms with Crippen LogP contribution in [0.15, 0.2) is 53.4 Å². The molecule has 0 bridgehead atoms. The molecule has 2 aromatic carbocycles. The minimum Gasteiger partial charge on any atom is -0.495 e. The Labute approximate surface area is 143 Å². The maximum Gasteiger partial charge on any atom is 0.244 e. The second kappa shape index (κ2) is 6.93. The average molecular weight is 346 g/mol. The predicted octanol–water partition coefficient (Wildman–Crippen LogP) is 2.04. The first-order chi connectivity index (χ1) is 11.5. The van der Waals surface area contributed by atoms with E-state index in [1.165, 1.54) is 7.11 Å². The molecule has 5 nitrogen and oxygen atoms in total. The molecule has 2 N–H and O–H groups in total. The molecule has 0 aromatic heterocycles. The fourth-order valence-corrected chi connectivity index (χ4v) is 4.64. The second-order valence-corrected chi connectivity index (χ2v) is 7.74. The lowest BCUT2D eigenvalue weighted by molar-refractivity contribution is 0.401. The Morgan fingerprint density at radius 1 is 1.12 bits per heavy atom. The molecule has 1 aliphatic heterocycles. The van der Waals surface area contributed by atoms with E-state index in [0.29, 0.717) is 12.3 Å². The molecule has 0 saturated carbocycles. The van der Waals surface area contributed by atoms with E-state index < -0.39 is 10.0 Å². The normalized spacial score (nSPS) is 20.9. The first kappa shape index (κ1) is 17.0. The molecule has 0 spiro atoms. The summed E-state index contributed by atoms with van der Waals surface area (Å²) in [6.07, 6.45) is 0. The van der Waals surface area contributed by atoms with E-state index in [2.05, 4.69) is 10.0 Å². The summed E-state index contributed by atoms with van der Waals surface area (Å²) in [5, 5.41) is 3.28. The zero-order valence-corrected chi connectivity index (χ0v) is 14.6. The Hall–Kier alpha value is -1.89. The lowest BCUT2D eigenvalue weighted by Gasteiger charge is -2.21. The van der Waals surface area contributed by atoms with Gasteiger partial charge in [-0.1, -0.05) is 36.4 Å². The van der Waals surface area contributed by atoms with Crippen LogP contribution in [0, 0.1) is 6.92 Å². The van der Waals surface area contributed by atoms with Gasteiger partial charge >= 0.3 is 0 Å². The number of rotatable bonds is 5. The monoisotopic (exact) mass is 346 g/mol. The van der Waals surface area contributed by atoms with Crippen molar-refractivity contribution in [3.05, 3.63) is 59.7 Å². The van der Waals surface area contributed by atoms with Crippen molar-refractivity contribution in [2.24, 2.45) is 0 Å². The number of ether oxygens (including phenoxy) is 1. The van der Waals surface area contributed by atoms with Gasteiger partial charge in [0.1, 0.15) is 10.6 Å². The maximum atomic E-state index is 12.9. The third kappa shape index (κ3) is 3.45. The molecular formula is C18H22N2O3S. The highest BCUT2D eigenvalue weighted by molar-refractivity contribution is 7.89. The van der Waals surface area contributed by atoms with Crippen LogP contribution in [0.25, 0.3) is 0 Å². The molecule has 0 aliphatic carbocycles. The summed E-state index contributed by atoms with van der Waals surface area (Å²) in [5.41, 5.74) is 2.01. The molecule has 0 amide bonds. The van der Waals surface area contributed by atoms with Crippen molar-refractivity contribution in [1.29, 1.82) is 0 Å². The summed E-state index contributed by atoms with van der Waals surface area (Å²) >= 11 is 0. The number of hydrogen-bond acceptors (Lipinski definition) is 4. The van der Waals surface area contributed by atoms with Crippen molar-refractivity contribution in [2.75, 3.05) is 20.2 Å². The van der Waals surface area contributed by atoms with Crippen LogP contribution in [0.1, 0.15) is 17.0 Å². The predicted molar refractivity (Wildman–Crippen MR) is 93.9 cm³/mol. The number of aryl methyl sites for hydroxylation is 1. The van der Waals surface area contributed by atoms with Crippen molar-refractivity contribution in [3.63, 3.8) is 0 Å². The van der Waals surface area contributed by atoms with Gasteiger partial charge < -0.3 is 10.1 Å². The van der Waals surface area contributed by atoms with E-state index in [1.54, 1.807) is 12.1 Å². The molecule has 0 radical (unpaired) electrons. The van der Waals surface area contributed by atoms with Gasteiger partial charge in [-0.2, -0.15) is 0 Å². The van der Waals surface area contributed by atoms with Crippen molar-refractivity contribution in [1.82, 2.24) is 10.0 Å². The average Bonchev–Trinajstić information content (AvgIpc) is 3.03. The Bertz CT molecular complexity index is 806. The third-order valence-corrected chi connectivity index (χ3v) is 5.87.